The number of alkyl carbamates (subject to hydrolysis) is 1. The molecule has 0 aromatic heterocycles. The van der Waals surface area contributed by atoms with Crippen LogP contribution in [0.15, 0.2) is 35.5 Å². The third kappa shape index (κ3) is 5.27. The van der Waals surface area contributed by atoms with Crippen LogP contribution in [0.4, 0.5) is 4.79 Å². The first-order chi connectivity index (χ1) is 14.6. The molecule has 1 N–H and O–H groups in total. The number of β-lactam (4-membered cyclic amide) rings is 1. The molecule has 10 heteroatoms. The third-order valence-electron chi connectivity index (χ3n) is 4.60. The summed E-state index contributed by atoms with van der Waals surface area (Å²) < 4.78 is 15.8. The number of hydrogen-bond donors (Lipinski definition) is 1. The maximum Gasteiger partial charge on any atom is 0.408 e. The molecule has 1 fully saturated rings. The highest BCUT2D eigenvalue weighted by Crippen LogP contribution is 2.41. The largest absolute Gasteiger partial charge is 0.497 e. The number of halogens is 1. The van der Waals surface area contributed by atoms with Gasteiger partial charge in [0, 0.05) is 11.6 Å². The molecular weight excluding hydrogens is 444 g/mol. The lowest BCUT2D eigenvalue weighted by Crippen LogP contribution is -2.70. The molecule has 2 amide bonds. The molecule has 31 heavy (non-hydrogen) atoms. The number of nitrogens with zero attached hydrogens (tertiary/aromatic N) is 1. The van der Waals surface area contributed by atoms with E-state index in [1.807, 2.05) is 0 Å². The number of methoxy groups -OCH3 is 1. The van der Waals surface area contributed by atoms with Gasteiger partial charge in [-0.3, -0.25) is 9.69 Å². The number of carbonyl (C=O) groups is 3. The molecule has 1 saturated heterocycles. The van der Waals surface area contributed by atoms with E-state index in [1.54, 1.807) is 52.1 Å². The molecule has 0 spiro atoms. The average molecular weight is 469 g/mol. The van der Waals surface area contributed by atoms with Crippen LogP contribution in [0.25, 0.3) is 0 Å². The summed E-state index contributed by atoms with van der Waals surface area (Å²) in [6.07, 6.45) is -0.679. The molecule has 2 aliphatic heterocycles. The molecule has 168 valence electrons. The van der Waals surface area contributed by atoms with E-state index in [2.05, 4.69) is 5.32 Å². The zero-order valence-corrected chi connectivity index (χ0v) is 19.3. The highest BCUT2D eigenvalue weighted by atomic mass is 35.5. The third-order valence-corrected chi connectivity index (χ3v) is 6.27. The molecule has 0 bridgehead atoms. The lowest BCUT2D eigenvalue weighted by atomic mass is 10.0. The summed E-state index contributed by atoms with van der Waals surface area (Å²) in [5.41, 5.74) is 0.868. The minimum absolute atomic E-state index is 0.0430. The normalized spacial score (nSPS) is 20.5. The van der Waals surface area contributed by atoms with Gasteiger partial charge in [-0.1, -0.05) is 12.1 Å². The van der Waals surface area contributed by atoms with Gasteiger partial charge in [-0.15, -0.1) is 23.4 Å². The molecule has 0 saturated carbocycles. The Morgan fingerprint density at radius 3 is 2.52 bits per heavy atom. The SMILES string of the molecule is COc1ccc(COC(=O)C2=C(CCl)CS[C@@H]3C(NC(=O)OC(C)(C)C)C(=O)N23)cc1. The molecule has 3 rings (SSSR count). The maximum absolute atomic E-state index is 12.8. The van der Waals surface area contributed by atoms with Crippen molar-refractivity contribution < 1.29 is 28.6 Å². The summed E-state index contributed by atoms with van der Waals surface area (Å²) >= 11 is 7.46. The fourth-order valence-corrected chi connectivity index (χ4v) is 4.83. The van der Waals surface area contributed by atoms with Gasteiger partial charge in [0.2, 0.25) is 0 Å². The predicted octanol–water partition coefficient (Wildman–Crippen LogP) is 3.04. The van der Waals surface area contributed by atoms with Gasteiger partial charge in [0.15, 0.2) is 0 Å². The second kappa shape index (κ2) is 9.40. The Morgan fingerprint density at radius 1 is 1.26 bits per heavy atom. The Hall–Kier alpha value is -2.39. The number of rotatable bonds is 6. The number of carbonyl (C=O) groups excluding carboxylic acids is 3. The molecular formula is C21H25ClN2O6S. The molecule has 1 aromatic rings. The van der Waals surface area contributed by atoms with Crippen molar-refractivity contribution in [1.29, 1.82) is 0 Å². The monoisotopic (exact) mass is 468 g/mol. The number of esters is 1. The van der Waals surface area contributed by atoms with Crippen molar-refractivity contribution in [2.24, 2.45) is 0 Å². The van der Waals surface area contributed by atoms with Crippen LogP contribution in [0.5, 0.6) is 5.75 Å². The molecule has 0 radical (unpaired) electrons. The van der Waals surface area contributed by atoms with Gasteiger partial charge in [-0.2, -0.15) is 0 Å². The summed E-state index contributed by atoms with van der Waals surface area (Å²) in [6.45, 7) is 5.26. The van der Waals surface area contributed by atoms with Crippen LogP contribution in [-0.2, 0) is 25.7 Å². The first-order valence-corrected chi connectivity index (χ1v) is 11.2. The molecule has 1 aromatic carbocycles. The lowest BCUT2D eigenvalue weighted by molar-refractivity contribution is -0.152. The smallest absolute Gasteiger partial charge is 0.408 e. The number of nitrogens with one attached hydrogen (secondary N) is 1. The molecule has 8 nitrogen and oxygen atoms in total. The molecule has 2 aliphatic rings. The van der Waals surface area contributed by atoms with Crippen molar-refractivity contribution in [3.63, 3.8) is 0 Å². The van der Waals surface area contributed by atoms with E-state index in [-0.39, 0.29) is 18.2 Å². The molecule has 1 unspecified atom stereocenters. The van der Waals surface area contributed by atoms with E-state index < -0.39 is 35.0 Å². The van der Waals surface area contributed by atoms with Crippen molar-refractivity contribution >= 4 is 41.3 Å². The van der Waals surface area contributed by atoms with Crippen LogP contribution >= 0.6 is 23.4 Å². The molecule has 0 aliphatic carbocycles. The first kappa shape index (κ1) is 23.3. The fraction of sp³-hybridized carbons (Fsp3) is 0.476. The van der Waals surface area contributed by atoms with Crippen LogP contribution in [0.3, 0.4) is 0 Å². The maximum atomic E-state index is 12.8. The van der Waals surface area contributed by atoms with Gasteiger partial charge in [0.1, 0.15) is 35.1 Å². The Balaban J connectivity index is 1.68. The quantitative estimate of drug-likeness (QED) is 0.389. The predicted molar refractivity (Wildman–Crippen MR) is 117 cm³/mol. The van der Waals surface area contributed by atoms with E-state index in [0.29, 0.717) is 17.1 Å². The van der Waals surface area contributed by atoms with Crippen molar-refractivity contribution in [2.75, 3.05) is 18.7 Å². The van der Waals surface area contributed by atoms with E-state index in [0.717, 1.165) is 5.56 Å². The average Bonchev–Trinajstić information content (AvgIpc) is 2.73. The van der Waals surface area contributed by atoms with Crippen LogP contribution < -0.4 is 10.1 Å². The van der Waals surface area contributed by atoms with Gasteiger partial charge < -0.3 is 19.5 Å². The van der Waals surface area contributed by atoms with Gasteiger partial charge in [-0.05, 0) is 44.0 Å². The topological polar surface area (TPSA) is 94.2 Å². The van der Waals surface area contributed by atoms with Crippen LogP contribution in [0.1, 0.15) is 26.3 Å². The summed E-state index contributed by atoms with van der Waals surface area (Å²) in [6, 6.07) is 6.34. The minimum atomic E-state index is -0.777. The van der Waals surface area contributed by atoms with Crippen LogP contribution in [-0.4, -0.2) is 58.6 Å². The number of amides is 2. The van der Waals surface area contributed by atoms with Gasteiger partial charge >= 0.3 is 12.1 Å². The zero-order valence-electron chi connectivity index (χ0n) is 17.8. The second-order valence-corrected chi connectivity index (χ2v) is 9.42. The van der Waals surface area contributed by atoms with Crippen molar-refractivity contribution in [2.45, 2.75) is 44.4 Å². The summed E-state index contributed by atoms with van der Waals surface area (Å²) in [4.78, 5) is 39.0. The standard InChI is InChI=1S/C21H25ClN2O6S/c1-21(2,3)30-20(27)23-15-17(25)24-16(13(9-22)11-31-18(15)24)19(26)29-10-12-5-7-14(28-4)8-6-12/h5-8,15,18H,9-11H2,1-4H3,(H,23,27)/t15?,18-/m1/s1. The van der Waals surface area contributed by atoms with E-state index >= 15 is 0 Å². The van der Waals surface area contributed by atoms with Crippen molar-refractivity contribution in [3.8, 4) is 5.75 Å². The van der Waals surface area contributed by atoms with Gasteiger partial charge in [0.25, 0.3) is 5.91 Å². The highest BCUT2D eigenvalue weighted by Gasteiger charge is 2.54. The molecule has 2 atom stereocenters. The molecule has 2 heterocycles. The van der Waals surface area contributed by atoms with E-state index in [1.165, 1.54) is 16.7 Å². The second-order valence-electron chi connectivity index (χ2n) is 8.04. The Labute approximate surface area is 190 Å². The summed E-state index contributed by atoms with van der Waals surface area (Å²) in [5, 5.41) is 2.17. The van der Waals surface area contributed by atoms with Crippen LogP contribution in [0, 0.1) is 0 Å². The minimum Gasteiger partial charge on any atom is -0.497 e. The lowest BCUT2D eigenvalue weighted by Gasteiger charge is -2.49. The van der Waals surface area contributed by atoms with Crippen molar-refractivity contribution in [3.05, 3.63) is 41.1 Å². The number of ether oxygens (including phenoxy) is 3. The summed E-state index contributed by atoms with van der Waals surface area (Å²) in [7, 11) is 1.57. The highest BCUT2D eigenvalue weighted by molar-refractivity contribution is 8.00. The van der Waals surface area contributed by atoms with Gasteiger partial charge in [0.05, 0.1) is 7.11 Å². The Morgan fingerprint density at radius 2 is 1.94 bits per heavy atom. The zero-order chi connectivity index (χ0) is 22.8. The Kier molecular flexibility index (Phi) is 7.06. The van der Waals surface area contributed by atoms with E-state index in [4.69, 9.17) is 25.8 Å². The summed E-state index contributed by atoms with van der Waals surface area (Å²) in [5.74, 6) is 0.227. The first-order valence-electron chi connectivity index (χ1n) is 9.67. The number of thioether (sulfide) groups is 1. The van der Waals surface area contributed by atoms with Crippen molar-refractivity contribution in [1.82, 2.24) is 10.2 Å². The number of benzene rings is 1. The van der Waals surface area contributed by atoms with Crippen LogP contribution in [0.2, 0.25) is 0 Å². The number of fused-ring (bicyclic) bond motifs is 1. The number of alkyl halides is 1. The fourth-order valence-electron chi connectivity index (χ4n) is 3.15. The van der Waals surface area contributed by atoms with E-state index in [9.17, 15) is 14.4 Å². The van der Waals surface area contributed by atoms with Gasteiger partial charge in [-0.25, -0.2) is 9.59 Å². The Bertz CT molecular complexity index is 896. The number of hydrogen-bond acceptors (Lipinski definition) is 7.